The second kappa shape index (κ2) is 7.65. The Morgan fingerprint density at radius 3 is 2.61 bits per heavy atom. The number of rotatable bonds is 4. The first-order chi connectivity index (χ1) is 13.3. The Bertz CT molecular complexity index is 865. The number of sulfone groups is 1. The fourth-order valence-corrected chi connectivity index (χ4v) is 6.92. The van der Waals surface area contributed by atoms with Crippen LogP contribution in [0.1, 0.15) is 49.7 Å². The number of fused-ring (bicyclic) bond motifs is 1. The summed E-state index contributed by atoms with van der Waals surface area (Å²) in [6.07, 6.45) is 6.27. The molecule has 1 aromatic rings. The van der Waals surface area contributed by atoms with E-state index in [1.807, 2.05) is 22.8 Å². The maximum Gasteiger partial charge on any atom is 0.242 e. The molecule has 1 saturated heterocycles. The number of hydrogen-bond acceptors (Lipinski definition) is 4. The summed E-state index contributed by atoms with van der Waals surface area (Å²) in [5.41, 5.74) is 2.41. The van der Waals surface area contributed by atoms with E-state index in [0.717, 1.165) is 49.7 Å². The Hall–Kier alpha value is -1.63. The first kappa shape index (κ1) is 19.7. The van der Waals surface area contributed by atoms with Gasteiger partial charge in [-0.2, -0.15) is 0 Å². The molecule has 154 valence electrons. The van der Waals surface area contributed by atoms with Gasteiger partial charge in [0, 0.05) is 18.6 Å². The molecule has 0 spiro atoms. The van der Waals surface area contributed by atoms with Crippen LogP contribution in [0.4, 0.5) is 10.1 Å². The van der Waals surface area contributed by atoms with E-state index >= 15 is 0 Å². The lowest BCUT2D eigenvalue weighted by Gasteiger charge is -2.38. The van der Waals surface area contributed by atoms with Gasteiger partial charge in [-0.05, 0) is 56.2 Å². The highest BCUT2D eigenvalue weighted by molar-refractivity contribution is 7.91. The van der Waals surface area contributed by atoms with Crippen molar-refractivity contribution in [2.75, 3.05) is 29.5 Å². The molecule has 2 fully saturated rings. The molecule has 1 unspecified atom stereocenters. The van der Waals surface area contributed by atoms with Crippen molar-refractivity contribution in [3.63, 3.8) is 0 Å². The second-order valence-corrected chi connectivity index (χ2v) is 10.8. The smallest absolute Gasteiger partial charge is 0.242 e. The molecule has 0 N–H and O–H groups in total. The molecule has 0 bridgehead atoms. The molecular formula is C21H29FN2O3S. The zero-order chi connectivity index (χ0) is 19.9. The van der Waals surface area contributed by atoms with Gasteiger partial charge in [-0.3, -0.25) is 4.79 Å². The Labute approximate surface area is 166 Å². The fraction of sp³-hybridized carbons (Fsp3) is 0.667. The van der Waals surface area contributed by atoms with Crippen molar-refractivity contribution in [2.24, 2.45) is 0 Å². The van der Waals surface area contributed by atoms with Crippen molar-refractivity contribution < 1.29 is 17.6 Å². The van der Waals surface area contributed by atoms with Gasteiger partial charge in [-0.15, -0.1) is 0 Å². The van der Waals surface area contributed by atoms with Crippen molar-refractivity contribution in [2.45, 2.75) is 64.0 Å². The highest BCUT2D eigenvalue weighted by Crippen LogP contribution is 2.33. The summed E-state index contributed by atoms with van der Waals surface area (Å²) >= 11 is 0. The number of hydrogen-bond donors (Lipinski definition) is 0. The summed E-state index contributed by atoms with van der Waals surface area (Å²) in [5, 5.41) is 0. The highest BCUT2D eigenvalue weighted by atomic mass is 32.2. The van der Waals surface area contributed by atoms with Crippen LogP contribution in [0.25, 0.3) is 0 Å². The third-order valence-corrected chi connectivity index (χ3v) is 8.16. The quantitative estimate of drug-likeness (QED) is 0.769. The normalized spacial score (nSPS) is 24.4. The number of carbonyl (C=O) groups excluding carboxylic acids is 1. The van der Waals surface area contributed by atoms with E-state index < -0.39 is 9.84 Å². The maximum absolute atomic E-state index is 14.7. The van der Waals surface area contributed by atoms with Crippen LogP contribution in [0.5, 0.6) is 0 Å². The number of nitrogens with zero attached hydrogens (tertiary/aromatic N) is 2. The van der Waals surface area contributed by atoms with Gasteiger partial charge >= 0.3 is 0 Å². The number of amides is 1. The Morgan fingerprint density at radius 1 is 1.18 bits per heavy atom. The van der Waals surface area contributed by atoms with Crippen LogP contribution in [-0.4, -0.2) is 55.9 Å². The van der Waals surface area contributed by atoms with E-state index in [4.69, 9.17) is 0 Å². The summed E-state index contributed by atoms with van der Waals surface area (Å²) < 4.78 is 38.7. The van der Waals surface area contributed by atoms with Gasteiger partial charge in [0.1, 0.15) is 5.82 Å². The van der Waals surface area contributed by atoms with Gasteiger partial charge < -0.3 is 9.80 Å². The maximum atomic E-state index is 14.7. The summed E-state index contributed by atoms with van der Waals surface area (Å²) in [6, 6.07) is 3.43. The predicted octanol–water partition coefficient (Wildman–Crippen LogP) is 2.85. The third kappa shape index (κ3) is 3.91. The molecule has 2 heterocycles. The van der Waals surface area contributed by atoms with E-state index in [-0.39, 0.29) is 41.9 Å². The molecule has 1 aromatic carbocycles. The third-order valence-electron chi connectivity index (χ3n) is 6.41. The number of anilines is 1. The highest BCUT2D eigenvalue weighted by Gasteiger charge is 2.39. The molecule has 28 heavy (non-hydrogen) atoms. The fourth-order valence-electron chi connectivity index (χ4n) is 5.21. The molecular weight excluding hydrogens is 379 g/mol. The first-order valence-corrected chi connectivity index (χ1v) is 12.2. The lowest BCUT2D eigenvalue weighted by atomic mass is 9.99. The van der Waals surface area contributed by atoms with Crippen LogP contribution in [0.3, 0.4) is 0 Å². The van der Waals surface area contributed by atoms with Crippen LogP contribution < -0.4 is 4.90 Å². The van der Waals surface area contributed by atoms with Crippen LogP contribution in [-0.2, 0) is 21.1 Å². The molecule has 2 aliphatic heterocycles. The predicted molar refractivity (Wildman–Crippen MR) is 108 cm³/mol. The van der Waals surface area contributed by atoms with Crippen LogP contribution >= 0.6 is 0 Å². The van der Waals surface area contributed by atoms with E-state index in [1.54, 1.807) is 0 Å². The zero-order valence-corrected chi connectivity index (χ0v) is 17.3. The van der Waals surface area contributed by atoms with Crippen LogP contribution in [0, 0.1) is 12.7 Å². The summed E-state index contributed by atoms with van der Waals surface area (Å²) in [7, 11) is -3.06. The molecule has 1 amide bonds. The summed E-state index contributed by atoms with van der Waals surface area (Å²) in [4.78, 5) is 17.1. The summed E-state index contributed by atoms with van der Waals surface area (Å²) in [6.45, 7) is 2.66. The Morgan fingerprint density at radius 2 is 1.93 bits per heavy atom. The molecule has 1 saturated carbocycles. The SMILES string of the molecule is Cc1cc(F)c2c(c1)CCCN2CC(=O)N(C1CCCC1)C1CCS(=O)(=O)C1. The minimum absolute atomic E-state index is 0.0539. The van der Waals surface area contributed by atoms with Gasteiger partial charge in [0.15, 0.2) is 9.84 Å². The topological polar surface area (TPSA) is 57.7 Å². The molecule has 5 nitrogen and oxygen atoms in total. The molecule has 0 radical (unpaired) electrons. The first-order valence-electron chi connectivity index (χ1n) is 10.4. The minimum Gasteiger partial charge on any atom is -0.360 e. The van der Waals surface area contributed by atoms with Crippen molar-refractivity contribution in [3.8, 4) is 0 Å². The lowest BCUT2D eigenvalue weighted by molar-refractivity contribution is -0.134. The van der Waals surface area contributed by atoms with E-state index in [1.165, 1.54) is 6.07 Å². The van der Waals surface area contributed by atoms with E-state index in [9.17, 15) is 17.6 Å². The molecule has 7 heteroatoms. The van der Waals surface area contributed by atoms with Crippen LogP contribution in [0.15, 0.2) is 12.1 Å². The number of halogens is 1. The average molecular weight is 409 g/mol. The van der Waals surface area contributed by atoms with Gasteiger partial charge in [0.25, 0.3) is 0 Å². The van der Waals surface area contributed by atoms with Crippen molar-refractivity contribution >= 4 is 21.4 Å². The average Bonchev–Trinajstić information content (AvgIpc) is 3.25. The standard InChI is InChI=1S/C21H29FN2O3S/c1-15-11-16-5-4-9-23(21(16)19(22)12-15)13-20(25)24(17-6-2-3-7-17)18-8-10-28(26,27)14-18/h11-12,17-18H,2-10,13-14H2,1H3. The zero-order valence-electron chi connectivity index (χ0n) is 16.5. The van der Waals surface area contributed by atoms with Crippen LogP contribution in [0.2, 0.25) is 0 Å². The van der Waals surface area contributed by atoms with Crippen molar-refractivity contribution in [1.29, 1.82) is 0 Å². The van der Waals surface area contributed by atoms with E-state index in [2.05, 4.69) is 0 Å². The van der Waals surface area contributed by atoms with Gasteiger partial charge in [0.2, 0.25) is 5.91 Å². The molecule has 4 rings (SSSR count). The van der Waals surface area contributed by atoms with Gasteiger partial charge in [0.05, 0.1) is 23.7 Å². The van der Waals surface area contributed by atoms with Crippen molar-refractivity contribution in [3.05, 3.63) is 29.1 Å². The number of carbonyl (C=O) groups is 1. The van der Waals surface area contributed by atoms with Gasteiger partial charge in [-0.1, -0.05) is 18.9 Å². The molecule has 0 aromatic heterocycles. The van der Waals surface area contributed by atoms with Gasteiger partial charge in [-0.25, -0.2) is 12.8 Å². The molecule has 3 aliphatic rings. The Balaban J connectivity index is 1.57. The lowest BCUT2D eigenvalue weighted by Crippen LogP contribution is -2.51. The van der Waals surface area contributed by atoms with Crippen molar-refractivity contribution in [1.82, 2.24) is 4.90 Å². The second-order valence-electron chi connectivity index (χ2n) is 8.58. The molecule has 1 aliphatic carbocycles. The number of benzene rings is 1. The Kier molecular flexibility index (Phi) is 5.38. The number of aryl methyl sites for hydroxylation is 2. The largest absolute Gasteiger partial charge is 0.360 e. The molecule has 1 atom stereocenters. The minimum atomic E-state index is -3.06. The van der Waals surface area contributed by atoms with E-state index in [0.29, 0.717) is 18.7 Å². The summed E-state index contributed by atoms with van der Waals surface area (Å²) in [5.74, 6) is -0.0891. The monoisotopic (exact) mass is 408 g/mol.